The van der Waals surface area contributed by atoms with Crippen LogP contribution in [0.3, 0.4) is 0 Å². The first kappa shape index (κ1) is 13.7. The number of hydrogen-bond acceptors (Lipinski definition) is 2. The lowest BCUT2D eigenvalue weighted by Crippen LogP contribution is -2.11. The van der Waals surface area contributed by atoms with Gasteiger partial charge in [0.15, 0.2) is 0 Å². The van der Waals surface area contributed by atoms with Crippen molar-refractivity contribution >= 4 is 22.8 Å². The second kappa shape index (κ2) is 4.35. The number of fused-ring (bicyclic) bond motifs is 3. The predicted molar refractivity (Wildman–Crippen MR) is 81.8 cm³/mol. The Morgan fingerprint density at radius 2 is 2.10 bits per heavy atom. The number of rotatable bonds is 2. The first-order chi connectivity index (χ1) is 9.79. The number of nitrogens with zero attached hydrogens (tertiary/aromatic N) is 2. The van der Waals surface area contributed by atoms with E-state index in [1.165, 1.54) is 0 Å². The van der Waals surface area contributed by atoms with E-state index >= 15 is 0 Å². The second-order valence-corrected chi connectivity index (χ2v) is 6.46. The van der Waals surface area contributed by atoms with Gasteiger partial charge in [-0.15, -0.1) is 0 Å². The second-order valence-electron chi connectivity index (χ2n) is 6.46. The molecule has 5 nitrogen and oxygen atoms in total. The third-order valence-corrected chi connectivity index (χ3v) is 3.81. The lowest BCUT2D eigenvalue weighted by Gasteiger charge is -2.19. The first-order valence-corrected chi connectivity index (χ1v) is 7.00. The molecule has 2 N–H and O–H groups in total. The lowest BCUT2D eigenvalue weighted by atomic mass is 9.86. The van der Waals surface area contributed by atoms with Crippen molar-refractivity contribution in [2.75, 3.05) is 0 Å². The van der Waals surface area contributed by atoms with Crippen LogP contribution < -0.4 is 0 Å². The minimum atomic E-state index is -0.840. The van der Waals surface area contributed by atoms with Gasteiger partial charge in [-0.1, -0.05) is 32.9 Å². The van der Waals surface area contributed by atoms with Crippen molar-refractivity contribution in [1.29, 1.82) is 0 Å². The van der Waals surface area contributed by atoms with Gasteiger partial charge in [0.25, 0.3) is 0 Å². The molecule has 0 saturated heterocycles. The molecule has 5 heteroatoms. The Hall–Kier alpha value is -2.30. The maximum atomic E-state index is 11.1. The molecule has 0 aliphatic carbocycles. The number of benzene rings is 1. The van der Waals surface area contributed by atoms with Gasteiger partial charge < -0.3 is 10.1 Å². The number of para-hydroxylation sites is 1. The maximum absolute atomic E-state index is 11.1. The molecule has 0 unspecified atom stereocenters. The van der Waals surface area contributed by atoms with E-state index in [2.05, 4.69) is 36.8 Å². The monoisotopic (exact) mass is 285 g/mol. The van der Waals surface area contributed by atoms with Crippen LogP contribution >= 0.6 is 0 Å². The van der Waals surface area contributed by atoms with Crippen LogP contribution in [-0.2, 0) is 16.6 Å². The van der Waals surface area contributed by atoms with E-state index in [0.717, 1.165) is 28.0 Å². The number of carboxylic acids is 1. The van der Waals surface area contributed by atoms with E-state index in [1.807, 2.05) is 23.5 Å². The van der Waals surface area contributed by atoms with Crippen molar-refractivity contribution in [3.05, 3.63) is 35.2 Å². The van der Waals surface area contributed by atoms with Crippen LogP contribution in [0.25, 0.3) is 16.8 Å². The summed E-state index contributed by atoms with van der Waals surface area (Å²) in [5.74, 6) is -0.136. The normalized spacial score (nSPS) is 12.4. The number of aromatic nitrogens is 3. The number of imidazole rings is 2. The molecular formula is C16H19N3O2. The Balaban J connectivity index is 2.38. The van der Waals surface area contributed by atoms with E-state index in [1.54, 1.807) is 0 Å². The first-order valence-electron chi connectivity index (χ1n) is 7.00. The summed E-state index contributed by atoms with van der Waals surface area (Å²) in [5, 5.41) is 9.11. The van der Waals surface area contributed by atoms with Crippen molar-refractivity contribution in [2.24, 2.45) is 0 Å². The molecule has 2 aromatic heterocycles. The SMILES string of the molecule is Cc1[nH]c2nc3c(C(C)(C)C)cccc3n2c1CC(=O)O. The molecule has 0 atom stereocenters. The van der Waals surface area contributed by atoms with E-state index in [9.17, 15) is 4.79 Å². The van der Waals surface area contributed by atoms with Gasteiger partial charge in [-0.25, -0.2) is 4.98 Å². The summed E-state index contributed by atoms with van der Waals surface area (Å²) in [6.45, 7) is 8.34. The molecule has 3 aromatic rings. The van der Waals surface area contributed by atoms with Crippen LogP contribution in [0.15, 0.2) is 18.2 Å². The Kier molecular flexibility index (Phi) is 2.83. The van der Waals surface area contributed by atoms with Gasteiger partial charge in [-0.2, -0.15) is 0 Å². The Morgan fingerprint density at radius 3 is 2.71 bits per heavy atom. The van der Waals surface area contributed by atoms with Gasteiger partial charge in [0, 0.05) is 5.69 Å². The molecular weight excluding hydrogens is 266 g/mol. The highest BCUT2D eigenvalue weighted by Gasteiger charge is 2.22. The molecule has 0 bridgehead atoms. The summed E-state index contributed by atoms with van der Waals surface area (Å²) >= 11 is 0. The molecule has 110 valence electrons. The highest BCUT2D eigenvalue weighted by Crippen LogP contribution is 2.31. The third-order valence-electron chi connectivity index (χ3n) is 3.81. The molecule has 0 amide bonds. The standard InChI is InChI=1S/C16H19N3O2/c1-9-12(8-13(20)21)19-11-7-5-6-10(16(2,3)4)14(11)18-15(19)17-9/h5-7H,8H2,1-4H3,(H,17,18)(H,20,21). The Bertz CT molecular complexity index is 850. The smallest absolute Gasteiger partial charge is 0.309 e. The number of nitrogens with one attached hydrogen (secondary N) is 1. The summed E-state index contributed by atoms with van der Waals surface area (Å²) in [5.41, 5.74) is 4.65. The number of carboxylic acid groups (broad SMARTS) is 1. The van der Waals surface area contributed by atoms with Gasteiger partial charge in [-0.3, -0.25) is 9.20 Å². The zero-order valence-corrected chi connectivity index (χ0v) is 12.7. The fraction of sp³-hybridized carbons (Fsp3) is 0.375. The van der Waals surface area contributed by atoms with Gasteiger partial charge in [0.2, 0.25) is 5.78 Å². The molecule has 0 aliphatic rings. The average molecular weight is 285 g/mol. The van der Waals surface area contributed by atoms with Gasteiger partial charge in [-0.05, 0) is 24.0 Å². The average Bonchev–Trinajstić information content (AvgIpc) is 2.84. The zero-order valence-electron chi connectivity index (χ0n) is 12.7. The molecule has 1 aromatic carbocycles. The highest BCUT2D eigenvalue weighted by atomic mass is 16.4. The van der Waals surface area contributed by atoms with Crippen molar-refractivity contribution in [3.63, 3.8) is 0 Å². The maximum Gasteiger partial charge on any atom is 0.309 e. The van der Waals surface area contributed by atoms with Crippen molar-refractivity contribution in [3.8, 4) is 0 Å². The van der Waals surface area contributed by atoms with E-state index in [0.29, 0.717) is 5.78 Å². The minimum absolute atomic E-state index is 0.0130. The van der Waals surface area contributed by atoms with Crippen LogP contribution in [-0.4, -0.2) is 25.4 Å². The number of aryl methyl sites for hydroxylation is 1. The molecule has 21 heavy (non-hydrogen) atoms. The number of H-pyrrole nitrogens is 1. The number of aromatic amines is 1. The van der Waals surface area contributed by atoms with Gasteiger partial charge in [0.05, 0.1) is 23.1 Å². The zero-order chi connectivity index (χ0) is 15.4. The molecule has 0 radical (unpaired) electrons. The summed E-state index contributed by atoms with van der Waals surface area (Å²) in [6.07, 6.45) is -0.0168. The predicted octanol–water partition coefficient (Wildman–Crippen LogP) is 3.05. The largest absolute Gasteiger partial charge is 0.481 e. The van der Waals surface area contributed by atoms with E-state index in [-0.39, 0.29) is 11.8 Å². The highest BCUT2D eigenvalue weighted by molar-refractivity contribution is 5.85. The minimum Gasteiger partial charge on any atom is -0.481 e. The number of aliphatic carboxylic acids is 1. The summed E-state index contributed by atoms with van der Waals surface area (Å²) < 4.78 is 1.92. The molecule has 0 fully saturated rings. The molecule has 3 rings (SSSR count). The van der Waals surface area contributed by atoms with Gasteiger partial charge >= 0.3 is 5.97 Å². The van der Waals surface area contributed by atoms with Crippen LogP contribution in [0.2, 0.25) is 0 Å². The lowest BCUT2D eigenvalue weighted by molar-refractivity contribution is -0.136. The summed E-state index contributed by atoms with van der Waals surface area (Å²) in [4.78, 5) is 19.0. The molecule has 0 aliphatic heterocycles. The molecule has 0 spiro atoms. The Morgan fingerprint density at radius 1 is 1.38 bits per heavy atom. The van der Waals surface area contributed by atoms with Crippen LogP contribution in [0.5, 0.6) is 0 Å². The van der Waals surface area contributed by atoms with Crippen molar-refractivity contribution < 1.29 is 9.90 Å². The van der Waals surface area contributed by atoms with Crippen LogP contribution in [0, 0.1) is 6.92 Å². The van der Waals surface area contributed by atoms with Crippen LogP contribution in [0.1, 0.15) is 37.7 Å². The summed E-state index contributed by atoms with van der Waals surface area (Å²) in [7, 11) is 0. The molecule has 2 heterocycles. The number of hydrogen-bond donors (Lipinski definition) is 2. The quantitative estimate of drug-likeness (QED) is 0.760. The fourth-order valence-electron chi connectivity index (χ4n) is 2.82. The van der Waals surface area contributed by atoms with E-state index < -0.39 is 5.97 Å². The van der Waals surface area contributed by atoms with Crippen molar-refractivity contribution in [1.82, 2.24) is 14.4 Å². The summed E-state index contributed by atoms with van der Waals surface area (Å²) in [6, 6.07) is 6.08. The molecule has 0 saturated carbocycles. The fourth-order valence-corrected chi connectivity index (χ4v) is 2.82. The third kappa shape index (κ3) is 2.09. The Labute approximate surface area is 122 Å². The van der Waals surface area contributed by atoms with Gasteiger partial charge in [0.1, 0.15) is 0 Å². The van der Waals surface area contributed by atoms with E-state index in [4.69, 9.17) is 5.11 Å². The number of carbonyl (C=O) groups is 1. The van der Waals surface area contributed by atoms with Crippen LogP contribution in [0.4, 0.5) is 0 Å². The van der Waals surface area contributed by atoms with Crippen molar-refractivity contribution in [2.45, 2.75) is 39.5 Å². The topological polar surface area (TPSA) is 70.4 Å².